The number of nitrogens with zero attached hydrogens (tertiary/aromatic N) is 4. The van der Waals surface area contributed by atoms with Crippen molar-refractivity contribution in [2.24, 2.45) is 10.9 Å². The van der Waals surface area contributed by atoms with Crippen molar-refractivity contribution in [3.63, 3.8) is 0 Å². The van der Waals surface area contributed by atoms with Crippen LogP contribution in [0.1, 0.15) is 50.8 Å². The largest absolute Gasteiger partial charge is 0.468 e. The van der Waals surface area contributed by atoms with E-state index in [-0.39, 0.29) is 6.04 Å². The molecule has 0 spiro atoms. The molecule has 3 heterocycles. The lowest BCUT2D eigenvalue weighted by Crippen LogP contribution is -2.52. The fraction of sp³-hybridized carbons (Fsp3) is 0.750. The summed E-state index contributed by atoms with van der Waals surface area (Å²) in [6.45, 7) is 11.3. The average Bonchev–Trinajstić information content (AvgIpc) is 3.48. The van der Waals surface area contributed by atoms with E-state index < -0.39 is 0 Å². The molecule has 1 aromatic heterocycles. The van der Waals surface area contributed by atoms with Gasteiger partial charge in [0.05, 0.1) is 18.8 Å². The number of hydrogen-bond acceptors (Lipinski definition) is 5. The first-order valence-corrected chi connectivity index (χ1v) is 12.6. The third-order valence-corrected chi connectivity index (χ3v) is 7.08. The second-order valence-corrected chi connectivity index (χ2v) is 9.22. The molecule has 1 amide bonds. The van der Waals surface area contributed by atoms with Crippen LogP contribution in [0, 0.1) is 5.92 Å². The SMILES string of the molecule is CCNC(=NCC(c1ccco1)N1CCCC1)NCCN1CCN(C(=O)C2CCC2)CC1. The molecular weight excluding hydrogens is 404 g/mol. The minimum atomic E-state index is 0.198. The molecule has 3 fully saturated rings. The van der Waals surface area contributed by atoms with Crippen molar-refractivity contribution < 1.29 is 9.21 Å². The standard InChI is InChI=1S/C24H40N6O2/c1-2-25-24(27-19-21(22-9-6-18-32-22)29-11-3-4-12-29)26-10-13-28-14-16-30(17-15-28)23(31)20-7-5-8-20/h6,9,18,20-21H,2-5,7-8,10-17,19H2,1H3,(H2,25,26,27). The highest BCUT2D eigenvalue weighted by Gasteiger charge is 2.31. The van der Waals surface area contributed by atoms with Gasteiger partial charge in [0.1, 0.15) is 5.76 Å². The number of hydrogen-bond donors (Lipinski definition) is 2. The molecule has 0 radical (unpaired) electrons. The summed E-state index contributed by atoms with van der Waals surface area (Å²) in [6, 6.07) is 4.23. The van der Waals surface area contributed by atoms with E-state index in [9.17, 15) is 4.79 Å². The number of aliphatic imine (C=N–C) groups is 1. The van der Waals surface area contributed by atoms with Crippen LogP contribution < -0.4 is 10.6 Å². The van der Waals surface area contributed by atoms with E-state index in [4.69, 9.17) is 9.41 Å². The fourth-order valence-electron chi connectivity index (χ4n) is 4.88. The third-order valence-electron chi connectivity index (χ3n) is 7.08. The summed E-state index contributed by atoms with van der Waals surface area (Å²) in [5.74, 6) is 2.57. The molecule has 2 saturated heterocycles. The Morgan fingerprint density at radius 1 is 1.12 bits per heavy atom. The van der Waals surface area contributed by atoms with Crippen LogP contribution in [0.2, 0.25) is 0 Å². The summed E-state index contributed by atoms with van der Waals surface area (Å²) >= 11 is 0. The first-order valence-electron chi connectivity index (χ1n) is 12.6. The molecule has 8 nitrogen and oxygen atoms in total. The summed E-state index contributed by atoms with van der Waals surface area (Å²) in [6.07, 6.45) is 7.66. The van der Waals surface area contributed by atoms with Gasteiger partial charge in [-0.3, -0.25) is 19.6 Å². The van der Waals surface area contributed by atoms with Crippen molar-refractivity contribution in [3.8, 4) is 0 Å². The molecule has 1 unspecified atom stereocenters. The van der Waals surface area contributed by atoms with Gasteiger partial charge in [0.2, 0.25) is 5.91 Å². The van der Waals surface area contributed by atoms with E-state index >= 15 is 0 Å². The minimum absolute atomic E-state index is 0.198. The molecule has 1 atom stereocenters. The molecular formula is C24H40N6O2. The zero-order chi connectivity index (χ0) is 22.2. The van der Waals surface area contributed by atoms with Crippen LogP contribution in [0.5, 0.6) is 0 Å². The number of guanidine groups is 1. The number of rotatable bonds is 9. The summed E-state index contributed by atoms with van der Waals surface area (Å²) in [4.78, 5) is 24.3. The van der Waals surface area contributed by atoms with E-state index in [0.29, 0.717) is 18.4 Å². The quantitative estimate of drug-likeness (QED) is 0.448. The van der Waals surface area contributed by atoms with Gasteiger partial charge in [0, 0.05) is 51.7 Å². The Labute approximate surface area is 192 Å². The van der Waals surface area contributed by atoms with Crippen LogP contribution in [0.25, 0.3) is 0 Å². The van der Waals surface area contributed by atoms with E-state index in [1.165, 1.54) is 19.3 Å². The Hall–Kier alpha value is -2.06. The molecule has 178 valence electrons. The highest BCUT2D eigenvalue weighted by molar-refractivity contribution is 5.80. The number of furan rings is 1. The lowest BCUT2D eigenvalue weighted by Gasteiger charge is -2.38. The monoisotopic (exact) mass is 444 g/mol. The Balaban J connectivity index is 1.22. The van der Waals surface area contributed by atoms with Gasteiger partial charge in [-0.1, -0.05) is 6.42 Å². The maximum Gasteiger partial charge on any atom is 0.225 e. The zero-order valence-electron chi connectivity index (χ0n) is 19.6. The average molecular weight is 445 g/mol. The number of likely N-dealkylation sites (tertiary alicyclic amines) is 1. The highest BCUT2D eigenvalue weighted by atomic mass is 16.3. The van der Waals surface area contributed by atoms with Gasteiger partial charge in [-0.25, -0.2) is 0 Å². The summed E-state index contributed by atoms with van der Waals surface area (Å²) in [5, 5.41) is 6.87. The lowest BCUT2D eigenvalue weighted by molar-refractivity contribution is -0.139. The molecule has 0 aromatic carbocycles. The van der Waals surface area contributed by atoms with Crippen LogP contribution in [0.4, 0.5) is 0 Å². The fourth-order valence-corrected chi connectivity index (χ4v) is 4.88. The van der Waals surface area contributed by atoms with Gasteiger partial charge in [-0.15, -0.1) is 0 Å². The van der Waals surface area contributed by atoms with Crippen molar-refractivity contribution in [3.05, 3.63) is 24.2 Å². The van der Waals surface area contributed by atoms with Gasteiger partial charge in [-0.2, -0.15) is 0 Å². The Kier molecular flexibility index (Phi) is 8.45. The predicted octanol–water partition coefficient (Wildman–Crippen LogP) is 1.92. The second-order valence-electron chi connectivity index (χ2n) is 9.22. The van der Waals surface area contributed by atoms with E-state index in [1.807, 2.05) is 6.07 Å². The van der Waals surface area contributed by atoms with Crippen molar-refractivity contribution in [2.45, 2.75) is 45.1 Å². The normalized spacial score (nSPS) is 22.0. The molecule has 8 heteroatoms. The Bertz CT molecular complexity index is 719. The zero-order valence-corrected chi connectivity index (χ0v) is 19.6. The first kappa shape index (κ1) is 23.1. The maximum absolute atomic E-state index is 12.4. The topological polar surface area (TPSA) is 76.4 Å². The predicted molar refractivity (Wildman–Crippen MR) is 127 cm³/mol. The Morgan fingerprint density at radius 2 is 1.91 bits per heavy atom. The van der Waals surface area contributed by atoms with Gasteiger partial charge in [0.15, 0.2) is 5.96 Å². The first-order chi connectivity index (χ1) is 15.7. The van der Waals surface area contributed by atoms with Crippen molar-refractivity contribution in [1.82, 2.24) is 25.3 Å². The molecule has 32 heavy (non-hydrogen) atoms. The van der Waals surface area contributed by atoms with Gasteiger partial charge < -0.3 is 20.0 Å². The van der Waals surface area contributed by atoms with Crippen molar-refractivity contribution in [2.75, 3.05) is 65.4 Å². The smallest absolute Gasteiger partial charge is 0.225 e. The molecule has 0 bridgehead atoms. The molecule has 2 aliphatic heterocycles. The molecule has 1 saturated carbocycles. The second kappa shape index (κ2) is 11.7. The molecule has 1 aromatic rings. The van der Waals surface area contributed by atoms with Crippen LogP contribution in [-0.4, -0.2) is 92.0 Å². The van der Waals surface area contributed by atoms with Gasteiger partial charge in [0.25, 0.3) is 0 Å². The van der Waals surface area contributed by atoms with E-state index in [0.717, 1.165) is 83.5 Å². The minimum Gasteiger partial charge on any atom is -0.468 e. The van der Waals surface area contributed by atoms with Crippen LogP contribution in [0.3, 0.4) is 0 Å². The lowest BCUT2D eigenvalue weighted by atomic mass is 9.84. The van der Waals surface area contributed by atoms with Gasteiger partial charge in [-0.05, 0) is 57.8 Å². The molecule has 1 aliphatic carbocycles. The molecule has 3 aliphatic rings. The van der Waals surface area contributed by atoms with Crippen LogP contribution in [0.15, 0.2) is 27.8 Å². The highest BCUT2D eigenvalue weighted by Crippen LogP contribution is 2.28. The maximum atomic E-state index is 12.4. The van der Waals surface area contributed by atoms with E-state index in [2.05, 4.69) is 38.3 Å². The number of carbonyl (C=O) groups is 1. The van der Waals surface area contributed by atoms with E-state index in [1.54, 1.807) is 6.26 Å². The molecule has 4 rings (SSSR count). The summed E-state index contributed by atoms with van der Waals surface area (Å²) in [5.41, 5.74) is 0. The van der Waals surface area contributed by atoms with Crippen molar-refractivity contribution >= 4 is 11.9 Å². The number of piperazine rings is 1. The number of amides is 1. The number of carbonyl (C=O) groups excluding carboxylic acids is 1. The summed E-state index contributed by atoms with van der Waals surface area (Å²) < 4.78 is 5.73. The van der Waals surface area contributed by atoms with Gasteiger partial charge >= 0.3 is 0 Å². The van der Waals surface area contributed by atoms with Crippen LogP contribution in [-0.2, 0) is 4.79 Å². The Morgan fingerprint density at radius 3 is 2.53 bits per heavy atom. The van der Waals surface area contributed by atoms with Crippen LogP contribution >= 0.6 is 0 Å². The third kappa shape index (κ3) is 6.04. The molecule has 2 N–H and O–H groups in total. The number of nitrogens with one attached hydrogen (secondary N) is 2. The summed E-state index contributed by atoms with van der Waals surface area (Å²) in [7, 11) is 0. The van der Waals surface area contributed by atoms with Crippen molar-refractivity contribution in [1.29, 1.82) is 0 Å².